The summed E-state index contributed by atoms with van der Waals surface area (Å²) in [6, 6.07) is 9.15. The van der Waals surface area contributed by atoms with E-state index in [1.807, 2.05) is 36.4 Å². The number of fused-ring (bicyclic) bond motifs is 1. The molecule has 102 valence electrons. The zero-order valence-electron chi connectivity index (χ0n) is 11.4. The molecule has 1 aromatic carbocycles. The van der Waals surface area contributed by atoms with Gasteiger partial charge in [0.05, 0.1) is 0 Å². The van der Waals surface area contributed by atoms with Crippen LogP contribution in [-0.2, 0) is 6.61 Å². The highest BCUT2D eigenvalue weighted by Crippen LogP contribution is 2.15. The minimum atomic E-state index is 0.330. The second-order valence-electron chi connectivity index (χ2n) is 4.61. The topological polar surface area (TPSA) is 78.3 Å². The Morgan fingerprint density at radius 1 is 1.15 bits per heavy atom. The Bertz CT molecular complexity index is 748. The van der Waals surface area contributed by atoms with Gasteiger partial charge in [-0.1, -0.05) is 0 Å². The van der Waals surface area contributed by atoms with Crippen molar-refractivity contribution in [3.8, 4) is 5.75 Å². The van der Waals surface area contributed by atoms with Gasteiger partial charge in [-0.15, -0.1) is 10.2 Å². The van der Waals surface area contributed by atoms with Gasteiger partial charge < -0.3 is 10.5 Å². The van der Waals surface area contributed by atoms with E-state index >= 15 is 0 Å². The van der Waals surface area contributed by atoms with Crippen LogP contribution in [0.2, 0.25) is 0 Å². The Morgan fingerprint density at radius 3 is 2.65 bits per heavy atom. The smallest absolute Gasteiger partial charge is 0.176 e. The fourth-order valence-electron chi connectivity index (χ4n) is 2.11. The molecule has 0 radical (unpaired) electrons. The Labute approximate surface area is 116 Å². The molecule has 0 saturated heterocycles. The molecule has 0 bridgehead atoms. The second kappa shape index (κ2) is 4.80. The fourth-order valence-corrected chi connectivity index (χ4v) is 2.11. The molecule has 2 heterocycles. The Kier molecular flexibility index (Phi) is 2.98. The third-order valence-corrected chi connectivity index (χ3v) is 3.00. The molecule has 0 spiro atoms. The van der Waals surface area contributed by atoms with Crippen LogP contribution in [0.3, 0.4) is 0 Å². The summed E-state index contributed by atoms with van der Waals surface area (Å²) in [5.74, 6) is 2.32. The minimum Gasteiger partial charge on any atom is -0.486 e. The van der Waals surface area contributed by atoms with Gasteiger partial charge >= 0.3 is 0 Å². The van der Waals surface area contributed by atoms with Crippen LogP contribution in [0.15, 0.2) is 30.3 Å². The van der Waals surface area contributed by atoms with E-state index in [9.17, 15) is 0 Å². The van der Waals surface area contributed by atoms with Gasteiger partial charge in [-0.2, -0.15) is 0 Å². The lowest BCUT2D eigenvalue weighted by molar-refractivity contribution is 0.294. The number of aromatic nitrogens is 4. The zero-order chi connectivity index (χ0) is 14.1. The van der Waals surface area contributed by atoms with Gasteiger partial charge in [-0.05, 0) is 38.1 Å². The quantitative estimate of drug-likeness (QED) is 0.735. The van der Waals surface area contributed by atoms with Crippen molar-refractivity contribution in [2.45, 2.75) is 20.5 Å². The monoisotopic (exact) mass is 269 g/mol. The van der Waals surface area contributed by atoms with Crippen molar-refractivity contribution < 1.29 is 4.74 Å². The van der Waals surface area contributed by atoms with Crippen LogP contribution in [0.4, 0.5) is 5.69 Å². The van der Waals surface area contributed by atoms with E-state index < -0.39 is 0 Å². The summed E-state index contributed by atoms with van der Waals surface area (Å²) in [5, 5.41) is 8.29. The van der Waals surface area contributed by atoms with Crippen LogP contribution in [0.5, 0.6) is 5.75 Å². The highest BCUT2D eigenvalue weighted by molar-refractivity contribution is 5.42. The molecule has 0 aliphatic carbocycles. The molecule has 20 heavy (non-hydrogen) atoms. The summed E-state index contributed by atoms with van der Waals surface area (Å²) in [5.41, 5.74) is 8.05. The van der Waals surface area contributed by atoms with Crippen molar-refractivity contribution in [1.29, 1.82) is 0 Å². The lowest BCUT2D eigenvalue weighted by atomic mass is 10.3. The first-order valence-electron chi connectivity index (χ1n) is 6.30. The number of nitrogens with two attached hydrogens (primary N) is 1. The first kappa shape index (κ1) is 12.4. The molecule has 0 amide bonds. The molecule has 3 aromatic rings. The van der Waals surface area contributed by atoms with E-state index in [0.29, 0.717) is 12.3 Å². The van der Waals surface area contributed by atoms with Crippen molar-refractivity contribution in [1.82, 2.24) is 19.6 Å². The zero-order valence-corrected chi connectivity index (χ0v) is 11.4. The van der Waals surface area contributed by atoms with E-state index in [4.69, 9.17) is 10.5 Å². The number of ether oxygens (including phenoxy) is 1. The van der Waals surface area contributed by atoms with Gasteiger partial charge in [-0.3, -0.25) is 4.40 Å². The maximum atomic E-state index is 5.69. The fraction of sp³-hybridized carbons (Fsp3) is 0.214. The lowest BCUT2D eigenvalue weighted by Gasteiger charge is -2.07. The first-order valence-corrected chi connectivity index (χ1v) is 6.30. The van der Waals surface area contributed by atoms with Crippen LogP contribution in [0.1, 0.15) is 17.3 Å². The lowest BCUT2D eigenvalue weighted by Crippen LogP contribution is -2.05. The highest BCUT2D eigenvalue weighted by Gasteiger charge is 2.09. The molecule has 6 heteroatoms. The predicted octanol–water partition coefficient (Wildman–Crippen LogP) is 1.90. The molecule has 0 atom stereocenters. The van der Waals surface area contributed by atoms with Crippen LogP contribution in [0, 0.1) is 13.8 Å². The molecule has 0 saturated carbocycles. The third-order valence-electron chi connectivity index (χ3n) is 3.00. The molecule has 3 rings (SSSR count). The maximum Gasteiger partial charge on any atom is 0.176 e. The van der Waals surface area contributed by atoms with E-state index in [2.05, 4.69) is 15.2 Å². The first-order chi connectivity index (χ1) is 9.63. The average molecular weight is 269 g/mol. The predicted molar refractivity (Wildman–Crippen MR) is 75.4 cm³/mol. The van der Waals surface area contributed by atoms with Crippen LogP contribution in [0.25, 0.3) is 5.65 Å². The number of benzene rings is 1. The van der Waals surface area contributed by atoms with E-state index in [1.54, 1.807) is 12.1 Å². The van der Waals surface area contributed by atoms with Crippen molar-refractivity contribution >= 4 is 11.3 Å². The summed E-state index contributed by atoms with van der Waals surface area (Å²) in [6.45, 7) is 4.19. The molecule has 6 nitrogen and oxygen atoms in total. The number of hydrogen-bond acceptors (Lipinski definition) is 5. The Balaban J connectivity index is 1.86. The van der Waals surface area contributed by atoms with E-state index in [1.165, 1.54) is 0 Å². The molecule has 0 aliphatic heterocycles. The van der Waals surface area contributed by atoms with Crippen LogP contribution < -0.4 is 10.5 Å². The third kappa shape index (κ3) is 2.27. The number of nitrogens with zero attached hydrogens (tertiary/aromatic N) is 4. The summed E-state index contributed by atoms with van der Waals surface area (Å²) < 4.78 is 7.59. The van der Waals surface area contributed by atoms with Gasteiger partial charge in [0.2, 0.25) is 0 Å². The molecular weight excluding hydrogens is 254 g/mol. The number of aryl methyl sites for hydroxylation is 2. The van der Waals surface area contributed by atoms with Gasteiger partial charge in [-0.25, -0.2) is 4.98 Å². The number of anilines is 1. The molecule has 2 aromatic heterocycles. The molecule has 0 unspecified atom stereocenters. The number of hydrogen-bond donors (Lipinski definition) is 1. The SMILES string of the molecule is Cc1cc2nnc(COc3ccc(N)cc3)n2c(C)n1. The van der Waals surface area contributed by atoms with Crippen molar-refractivity contribution in [3.63, 3.8) is 0 Å². The van der Waals surface area contributed by atoms with Gasteiger partial charge in [0.25, 0.3) is 0 Å². The molecule has 2 N–H and O–H groups in total. The highest BCUT2D eigenvalue weighted by atomic mass is 16.5. The van der Waals surface area contributed by atoms with Gasteiger partial charge in [0.1, 0.15) is 18.2 Å². The van der Waals surface area contributed by atoms with Crippen LogP contribution >= 0.6 is 0 Å². The van der Waals surface area contributed by atoms with Gasteiger partial charge in [0.15, 0.2) is 11.5 Å². The van der Waals surface area contributed by atoms with E-state index in [0.717, 1.165) is 28.7 Å². The summed E-state index contributed by atoms with van der Waals surface area (Å²) in [6.07, 6.45) is 0. The molecule has 0 aliphatic rings. The standard InChI is InChI=1S/C14H15N5O/c1-9-7-13-17-18-14(19(13)10(2)16-9)8-20-12-5-3-11(15)4-6-12/h3-7H,8,15H2,1-2H3. The Hall–Kier alpha value is -2.63. The molecular formula is C14H15N5O. The number of nitrogen functional groups attached to an aromatic ring is 1. The summed E-state index contributed by atoms with van der Waals surface area (Å²) >= 11 is 0. The van der Waals surface area contributed by atoms with Gasteiger partial charge in [0, 0.05) is 17.4 Å². The normalized spacial score (nSPS) is 10.9. The van der Waals surface area contributed by atoms with E-state index in [-0.39, 0.29) is 0 Å². The second-order valence-corrected chi connectivity index (χ2v) is 4.61. The largest absolute Gasteiger partial charge is 0.486 e. The van der Waals surface area contributed by atoms with Crippen molar-refractivity contribution in [3.05, 3.63) is 47.7 Å². The summed E-state index contributed by atoms with van der Waals surface area (Å²) in [7, 11) is 0. The minimum absolute atomic E-state index is 0.330. The average Bonchev–Trinajstić information content (AvgIpc) is 2.81. The Morgan fingerprint density at radius 2 is 1.90 bits per heavy atom. The van der Waals surface area contributed by atoms with Crippen LogP contribution in [-0.4, -0.2) is 19.6 Å². The summed E-state index contributed by atoms with van der Waals surface area (Å²) in [4.78, 5) is 4.41. The maximum absolute atomic E-state index is 5.69. The molecule has 0 fully saturated rings. The number of rotatable bonds is 3. The van der Waals surface area contributed by atoms with Crippen molar-refractivity contribution in [2.75, 3.05) is 5.73 Å². The van der Waals surface area contributed by atoms with Crippen molar-refractivity contribution in [2.24, 2.45) is 0 Å².